The number of amides is 1. The van der Waals surface area contributed by atoms with E-state index in [0.29, 0.717) is 18.0 Å². The van der Waals surface area contributed by atoms with E-state index in [1.54, 1.807) is 41.2 Å². The zero-order valence-electron chi connectivity index (χ0n) is 10.9. The number of carboxylic acid groups (broad SMARTS) is 1. The van der Waals surface area contributed by atoms with E-state index in [1.165, 1.54) is 0 Å². The maximum Gasteiger partial charge on any atom is 0.323 e. The average Bonchev–Trinajstić information content (AvgIpc) is 3.06. The van der Waals surface area contributed by atoms with Crippen molar-refractivity contribution in [1.29, 1.82) is 0 Å². The molecule has 1 N–H and O–H groups in total. The number of ether oxygens (including phenoxy) is 1. The van der Waals surface area contributed by atoms with Gasteiger partial charge in [-0.25, -0.2) is 0 Å². The van der Waals surface area contributed by atoms with Gasteiger partial charge in [0.2, 0.25) is 0 Å². The summed E-state index contributed by atoms with van der Waals surface area (Å²) in [6, 6.07) is 6.99. The molecular weight excluding hydrogens is 248 g/mol. The molecular formula is C13H16N2O4. The van der Waals surface area contributed by atoms with Gasteiger partial charge in [-0.1, -0.05) is 0 Å². The summed E-state index contributed by atoms with van der Waals surface area (Å²) < 4.78 is 5.06. The van der Waals surface area contributed by atoms with Gasteiger partial charge in [0.05, 0.1) is 7.11 Å². The zero-order valence-corrected chi connectivity index (χ0v) is 10.9. The lowest BCUT2D eigenvalue weighted by Crippen LogP contribution is -2.34. The number of aliphatic carboxylic acids is 1. The number of carboxylic acids is 1. The second-order valence-electron chi connectivity index (χ2n) is 4.22. The van der Waals surface area contributed by atoms with Crippen LogP contribution in [0.2, 0.25) is 0 Å². The molecule has 0 aromatic heterocycles. The Bertz CT molecular complexity index is 486. The molecule has 0 radical (unpaired) electrons. The van der Waals surface area contributed by atoms with Crippen molar-refractivity contribution >= 4 is 17.6 Å². The molecule has 2 rings (SSSR count). The topological polar surface area (TPSA) is 69.9 Å². The molecule has 1 aromatic carbocycles. The minimum Gasteiger partial charge on any atom is -0.497 e. The Morgan fingerprint density at radius 2 is 2.05 bits per heavy atom. The fourth-order valence-corrected chi connectivity index (χ4v) is 2.07. The van der Waals surface area contributed by atoms with Crippen LogP contribution in [0.5, 0.6) is 5.75 Å². The smallest absolute Gasteiger partial charge is 0.323 e. The molecule has 0 aliphatic carbocycles. The Morgan fingerprint density at radius 3 is 2.47 bits per heavy atom. The van der Waals surface area contributed by atoms with Gasteiger partial charge in [-0.05, 0) is 31.2 Å². The van der Waals surface area contributed by atoms with E-state index >= 15 is 0 Å². The number of nitrogens with zero attached hydrogens (tertiary/aromatic N) is 2. The predicted octanol–water partition coefficient (Wildman–Crippen LogP) is 0.774. The van der Waals surface area contributed by atoms with Crippen LogP contribution in [0.4, 0.5) is 5.69 Å². The van der Waals surface area contributed by atoms with Crippen LogP contribution in [0.1, 0.15) is 6.92 Å². The van der Waals surface area contributed by atoms with Crippen LogP contribution in [0.25, 0.3) is 0 Å². The quantitative estimate of drug-likeness (QED) is 0.769. The second kappa shape index (κ2) is 5.17. The van der Waals surface area contributed by atoms with Gasteiger partial charge in [-0.15, -0.1) is 0 Å². The van der Waals surface area contributed by atoms with E-state index in [4.69, 9.17) is 9.84 Å². The molecule has 1 aliphatic rings. The van der Waals surface area contributed by atoms with E-state index < -0.39 is 12.1 Å². The molecule has 0 saturated carbocycles. The summed E-state index contributed by atoms with van der Waals surface area (Å²) >= 11 is 0. The van der Waals surface area contributed by atoms with Crippen molar-refractivity contribution < 1.29 is 19.4 Å². The third-order valence-electron chi connectivity index (χ3n) is 3.08. The maximum absolute atomic E-state index is 11.6. The lowest BCUT2D eigenvalue weighted by atomic mass is 10.2. The number of hydrogen-bond donors (Lipinski definition) is 1. The van der Waals surface area contributed by atoms with Gasteiger partial charge < -0.3 is 19.6 Å². The molecule has 6 nitrogen and oxygen atoms in total. The normalized spacial score (nSPS) is 17.3. The number of benzene rings is 1. The Kier molecular flexibility index (Phi) is 3.59. The summed E-state index contributed by atoms with van der Waals surface area (Å²) in [6.07, 6.45) is -0.463. The first-order valence-corrected chi connectivity index (χ1v) is 6.01. The van der Waals surface area contributed by atoms with Gasteiger partial charge in [-0.3, -0.25) is 9.59 Å². The summed E-state index contributed by atoms with van der Waals surface area (Å²) in [5.74, 6) is -0.320. The van der Waals surface area contributed by atoms with Crippen LogP contribution in [-0.2, 0) is 9.59 Å². The van der Waals surface area contributed by atoms with Crippen LogP contribution >= 0.6 is 0 Å². The molecule has 102 valence electrons. The zero-order chi connectivity index (χ0) is 14.0. The molecule has 19 heavy (non-hydrogen) atoms. The van der Waals surface area contributed by atoms with Crippen LogP contribution in [0, 0.1) is 0 Å². The SMILES string of the molecule is CCN1C(=O)C1N(CC(=O)O)c1ccc(OC)cc1. The Morgan fingerprint density at radius 1 is 1.42 bits per heavy atom. The highest BCUT2D eigenvalue weighted by Gasteiger charge is 2.49. The van der Waals surface area contributed by atoms with E-state index in [9.17, 15) is 9.59 Å². The average molecular weight is 264 g/mol. The van der Waals surface area contributed by atoms with Gasteiger partial charge in [0, 0.05) is 12.2 Å². The molecule has 6 heteroatoms. The number of carbonyl (C=O) groups excluding carboxylic acids is 1. The first-order valence-electron chi connectivity index (χ1n) is 6.01. The molecule has 1 atom stereocenters. The van der Waals surface area contributed by atoms with Gasteiger partial charge >= 0.3 is 5.97 Å². The molecule has 1 fully saturated rings. The molecule has 1 aromatic rings. The van der Waals surface area contributed by atoms with Gasteiger partial charge in [0.15, 0.2) is 6.17 Å². The summed E-state index contributed by atoms with van der Waals surface area (Å²) in [7, 11) is 1.56. The maximum atomic E-state index is 11.6. The predicted molar refractivity (Wildman–Crippen MR) is 69.2 cm³/mol. The number of methoxy groups -OCH3 is 1. The highest BCUT2D eigenvalue weighted by molar-refractivity contribution is 6.00. The summed E-state index contributed by atoms with van der Waals surface area (Å²) in [5.41, 5.74) is 0.692. The van der Waals surface area contributed by atoms with Gasteiger partial charge in [0.1, 0.15) is 12.3 Å². The lowest BCUT2D eigenvalue weighted by molar-refractivity contribution is -0.135. The van der Waals surface area contributed by atoms with Crippen molar-refractivity contribution in [2.45, 2.75) is 13.1 Å². The molecule has 0 bridgehead atoms. The van der Waals surface area contributed by atoms with Crippen LogP contribution in [0.15, 0.2) is 24.3 Å². The lowest BCUT2D eigenvalue weighted by Gasteiger charge is -2.21. The fourth-order valence-electron chi connectivity index (χ4n) is 2.07. The highest BCUT2D eigenvalue weighted by Crippen LogP contribution is 2.29. The largest absolute Gasteiger partial charge is 0.497 e. The molecule has 1 unspecified atom stereocenters. The third-order valence-corrected chi connectivity index (χ3v) is 3.08. The van der Waals surface area contributed by atoms with Crippen molar-refractivity contribution in [3.63, 3.8) is 0 Å². The van der Waals surface area contributed by atoms with Crippen molar-refractivity contribution in [3.8, 4) is 5.75 Å². The van der Waals surface area contributed by atoms with E-state index in [-0.39, 0.29) is 12.5 Å². The van der Waals surface area contributed by atoms with E-state index in [0.717, 1.165) is 0 Å². The summed E-state index contributed by atoms with van der Waals surface area (Å²) in [5, 5.41) is 8.97. The van der Waals surface area contributed by atoms with Crippen LogP contribution < -0.4 is 9.64 Å². The first-order chi connectivity index (χ1) is 9.08. The third kappa shape index (κ3) is 2.62. The van der Waals surface area contributed by atoms with Gasteiger partial charge in [0.25, 0.3) is 5.91 Å². The Balaban J connectivity index is 2.22. The summed E-state index contributed by atoms with van der Waals surface area (Å²) in [6.45, 7) is 2.24. The van der Waals surface area contributed by atoms with Crippen molar-refractivity contribution in [2.75, 3.05) is 25.1 Å². The number of hydrogen-bond acceptors (Lipinski definition) is 4. The minimum absolute atomic E-state index is 0.0421. The monoisotopic (exact) mass is 264 g/mol. The van der Waals surface area contributed by atoms with Crippen molar-refractivity contribution in [3.05, 3.63) is 24.3 Å². The number of anilines is 1. The van der Waals surface area contributed by atoms with E-state index in [2.05, 4.69) is 0 Å². The molecule has 0 spiro atoms. The molecule has 1 aliphatic heterocycles. The second-order valence-corrected chi connectivity index (χ2v) is 4.22. The standard InChI is InChI=1S/C13H16N2O4/c1-3-14-12(13(14)18)15(8-11(16)17)9-4-6-10(19-2)7-5-9/h4-7,12H,3,8H2,1-2H3,(H,16,17). The number of carbonyl (C=O) groups is 2. The summed E-state index contributed by atoms with van der Waals surface area (Å²) in [4.78, 5) is 25.8. The van der Waals surface area contributed by atoms with Crippen LogP contribution in [0.3, 0.4) is 0 Å². The van der Waals surface area contributed by atoms with E-state index in [1.807, 2.05) is 6.92 Å². The number of likely N-dealkylation sites (N-methyl/N-ethyl adjacent to an activating group) is 1. The first kappa shape index (κ1) is 13.2. The minimum atomic E-state index is -0.966. The fraction of sp³-hybridized carbons (Fsp3) is 0.385. The molecule has 1 saturated heterocycles. The van der Waals surface area contributed by atoms with Crippen LogP contribution in [-0.4, -0.2) is 48.2 Å². The van der Waals surface area contributed by atoms with Crippen molar-refractivity contribution in [2.24, 2.45) is 0 Å². The molecule has 1 amide bonds. The van der Waals surface area contributed by atoms with Crippen molar-refractivity contribution in [1.82, 2.24) is 4.90 Å². The van der Waals surface area contributed by atoms with Gasteiger partial charge in [-0.2, -0.15) is 0 Å². The Labute approximate surface area is 111 Å². The highest BCUT2D eigenvalue weighted by atomic mass is 16.5. The molecule has 1 heterocycles. The number of rotatable bonds is 6. The Hall–Kier alpha value is -2.24.